The lowest BCUT2D eigenvalue weighted by atomic mass is 10.2. The normalized spacial score (nSPS) is 20.5. The quantitative estimate of drug-likeness (QED) is 0.730. The van der Waals surface area contributed by atoms with Crippen molar-refractivity contribution < 1.29 is 4.79 Å². The Bertz CT molecular complexity index is 924. The van der Waals surface area contributed by atoms with Crippen molar-refractivity contribution in [1.82, 2.24) is 29.4 Å². The summed E-state index contributed by atoms with van der Waals surface area (Å²) in [6.45, 7) is 1.81. The lowest BCUT2D eigenvalue weighted by Crippen LogP contribution is -2.32. The van der Waals surface area contributed by atoms with Crippen molar-refractivity contribution in [2.24, 2.45) is 0 Å². The van der Waals surface area contributed by atoms with Gasteiger partial charge in [-0.25, -0.2) is 9.67 Å². The zero-order valence-corrected chi connectivity index (χ0v) is 14.0. The molecule has 1 atom stereocenters. The number of para-hydroxylation sites is 2. The largest absolute Gasteiger partial charge is 0.339 e. The van der Waals surface area contributed by atoms with Gasteiger partial charge in [0.25, 0.3) is 0 Å². The third-order valence-corrected chi connectivity index (χ3v) is 5.25. The fourth-order valence-electron chi connectivity index (χ4n) is 3.60. The zero-order chi connectivity index (χ0) is 16.8. The van der Waals surface area contributed by atoms with Crippen LogP contribution < -0.4 is 0 Å². The number of aromatic nitrogens is 5. The number of rotatable bonds is 4. The van der Waals surface area contributed by atoms with Crippen LogP contribution in [0.3, 0.4) is 0 Å². The molecule has 3 aromatic rings. The molecule has 0 N–H and O–H groups in total. The molecular formula is C18H20N6O. The summed E-state index contributed by atoms with van der Waals surface area (Å²) in [7, 11) is 0. The van der Waals surface area contributed by atoms with Crippen LogP contribution in [-0.4, -0.2) is 48.4 Å². The standard InChI is InChI=1S/C18H20N6O/c25-18(11-23-12-19-15-3-1-2-4-17(15)23)22-8-7-14(9-22)24-10-16(20-21-24)13-5-6-13/h1-4,10,12-14H,5-9,11H2/t14-/m1/s1. The summed E-state index contributed by atoms with van der Waals surface area (Å²) in [5.74, 6) is 0.746. The van der Waals surface area contributed by atoms with E-state index in [0.717, 1.165) is 29.7 Å². The summed E-state index contributed by atoms with van der Waals surface area (Å²) >= 11 is 0. The summed E-state index contributed by atoms with van der Waals surface area (Å²) in [6, 6.07) is 8.13. The van der Waals surface area contributed by atoms with Crippen LogP contribution in [0.5, 0.6) is 0 Å². The first-order valence-corrected chi connectivity index (χ1v) is 8.87. The molecule has 0 spiro atoms. The second kappa shape index (κ2) is 5.68. The summed E-state index contributed by atoms with van der Waals surface area (Å²) in [4.78, 5) is 19.0. The van der Waals surface area contributed by atoms with Crippen LogP contribution >= 0.6 is 0 Å². The summed E-state index contributed by atoms with van der Waals surface area (Å²) < 4.78 is 3.87. The van der Waals surface area contributed by atoms with Gasteiger partial charge in [0, 0.05) is 25.2 Å². The molecule has 7 nitrogen and oxygen atoms in total. The van der Waals surface area contributed by atoms with Gasteiger partial charge in [-0.15, -0.1) is 5.10 Å². The van der Waals surface area contributed by atoms with E-state index in [1.807, 2.05) is 38.4 Å². The minimum atomic E-state index is 0.133. The molecule has 0 unspecified atom stereocenters. The SMILES string of the molecule is O=C(Cn1cnc2ccccc21)N1CC[C@@H](n2cc(C3CC3)nn2)C1. The van der Waals surface area contributed by atoms with Gasteiger partial charge in [-0.2, -0.15) is 0 Å². The smallest absolute Gasteiger partial charge is 0.242 e. The Morgan fingerprint density at radius 3 is 2.96 bits per heavy atom. The molecule has 2 aromatic heterocycles. The maximum Gasteiger partial charge on any atom is 0.242 e. The summed E-state index contributed by atoms with van der Waals surface area (Å²) in [5, 5.41) is 8.57. The van der Waals surface area contributed by atoms with Crippen LogP contribution in [-0.2, 0) is 11.3 Å². The number of nitrogens with zero attached hydrogens (tertiary/aromatic N) is 6. The van der Waals surface area contributed by atoms with Gasteiger partial charge in [-0.3, -0.25) is 4.79 Å². The number of benzene rings is 1. The van der Waals surface area contributed by atoms with E-state index in [0.29, 0.717) is 19.0 Å². The fourth-order valence-corrected chi connectivity index (χ4v) is 3.60. The monoisotopic (exact) mass is 336 g/mol. The van der Waals surface area contributed by atoms with E-state index in [-0.39, 0.29) is 11.9 Å². The highest BCUT2D eigenvalue weighted by molar-refractivity contribution is 5.80. The number of amides is 1. The van der Waals surface area contributed by atoms with Crippen molar-refractivity contribution in [3.8, 4) is 0 Å². The van der Waals surface area contributed by atoms with E-state index >= 15 is 0 Å². The van der Waals surface area contributed by atoms with Crippen LogP contribution in [0.2, 0.25) is 0 Å². The van der Waals surface area contributed by atoms with Gasteiger partial charge in [0.15, 0.2) is 0 Å². The Kier molecular flexibility index (Phi) is 3.33. The van der Waals surface area contributed by atoms with Crippen molar-refractivity contribution in [3.05, 3.63) is 42.5 Å². The average molecular weight is 336 g/mol. The van der Waals surface area contributed by atoms with E-state index in [1.165, 1.54) is 12.8 Å². The first-order valence-electron chi connectivity index (χ1n) is 8.87. The molecule has 0 bridgehead atoms. The van der Waals surface area contributed by atoms with Crippen LogP contribution in [0, 0.1) is 0 Å². The number of hydrogen-bond acceptors (Lipinski definition) is 4. The summed E-state index contributed by atoms with van der Waals surface area (Å²) in [6.07, 6.45) is 7.21. The van der Waals surface area contributed by atoms with Crippen molar-refractivity contribution in [2.45, 2.75) is 37.8 Å². The third kappa shape index (κ3) is 2.69. The first kappa shape index (κ1) is 14.6. The number of carbonyl (C=O) groups is 1. The Morgan fingerprint density at radius 1 is 1.20 bits per heavy atom. The van der Waals surface area contributed by atoms with Crippen molar-refractivity contribution in [1.29, 1.82) is 0 Å². The number of carbonyl (C=O) groups excluding carboxylic acids is 1. The van der Waals surface area contributed by atoms with E-state index in [9.17, 15) is 4.79 Å². The van der Waals surface area contributed by atoms with Gasteiger partial charge in [0.05, 0.1) is 29.1 Å². The minimum absolute atomic E-state index is 0.133. The van der Waals surface area contributed by atoms with Crippen molar-refractivity contribution >= 4 is 16.9 Å². The van der Waals surface area contributed by atoms with Gasteiger partial charge in [-0.1, -0.05) is 17.3 Å². The molecule has 1 saturated carbocycles. The average Bonchev–Trinajstić information content (AvgIpc) is 3.04. The predicted molar refractivity (Wildman–Crippen MR) is 92.0 cm³/mol. The molecule has 2 aliphatic rings. The van der Waals surface area contributed by atoms with Crippen LogP contribution in [0.1, 0.15) is 36.9 Å². The molecule has 1 amide bonds. The maximum atomic E-state index is 12.7. The molecule has 25 heavy (non-hydrogen) atoms. The van der Waals surface area contributed by atoms with E-state index in [4.69, 9.17) is 0 Å². The maximum absolute atomic E-state index is 12.7. The molecule has 7 heteroatoms. The second-order valence-corrected chi connectivity index (χ2v) is 7.04. The van der Waals surface area contributed by atoms with Crippen LogP contribution in [0.25, 0.3) is 11.0 Å². The molecule has 1 aliphatic heterocycles. The summed E-state index contributed by atoms with van der Waals surface area (Å²) in [5.41, 5.74) is 3.02. The van der Waals surface area contributed by atoms with Crippen molar-refractivity contribution in [3.63, 3.8) is 0 Å². The van der Waals surface area contributed by atoms with Gasteiger partial charge < -0.3 is 9.47 Å². The molecular weight excluding hydrogens is 316 g/mol. The van der Waals surface area contributed by atoms with Crippen LogP contribution in [0.15, 0.2) is 36.8 Å². The molecule has 2 fully saturated rings. The van der Waals surface area contributed by atoms with Gasteiger partial charge in [0.2, 0.25) is 5.91 Å². The number of imidazole rings is 1. The van der Waals surface area contributed by atoms with E-state index in [2.05, 4.69) is 21.5 Å². The molecule has 0 radical (unpaired) electrons. The second-order valence-electron chi connectivity index (χ2n) is 7.04. The Hall–Kier alpha value is -2.70. The highest BCUT2D eigenvalue weighted by Crippen LogP contribution is 2.39. The first-order chi connectivity index (χ1) is 12.3. The Labute approximate surface area is 145 Å². The molecule has 1 aliphatic carbocycles. The number of likely N-dealkylation sites (tertiary alicyclic amines) is 1. The topological polar surface area (TPSA) is 68.8 Å². The highest BCUT2D eigenvalue weighted by Gasteiger charge is 2.31. The van der Waals surface area contributed by atoms with Gasteiger partial charge in [0.1, 0.15) is 6.54 Å². The van der Waals surface area contributed by atoms with E-state index in [1.54, 1.807) is 6.33 Å². The lowest BCUT2D eigenvalue weighted by molar-refractivity contribution is -0.130. The van der Waals surface area contributed by atoms with E-state index < -0.39 is 0 Å². The molecule has 1 aromatic carbocycles. The van der Waals surface area contributed by atoms with Gasteiger partial charge >= 0.3 is 0 Å². The minimum Gasteiger partial charge on any atom is -0.339 e. The lowest BCUT2D eigenvalue weighted by Gasteiger charge is -2.17. The molecule has 5 rings (SSSR count). The zero-order valence-electron chi connectivity index (χ0n) is 14.0. The number of fused-ring (bicyclic) bond motifs is 1. The Balaban J connectivity index is 1.26. The molecule has 1 saturated heterocycles. The third-order valence-electron chi connectivity index (χ3n) is 5.25. The highest BCUT2D eigenvalue weighted by atomic mass is 16.2. The fraction of sp³-hybridized carbons (Fsp3) is 0.444. The Morgan fingerprint density at radius 2 is 2.08 bits per heavy atom. The van der Waals surface area contributed by atoms with Gasteiger partial charge in [-0.05, 0) is 31.4 Å². The van der Waals surface area contributed by atoms with Crippen molar-refractivity contribution in [2.75, 3.05) is 13.1 Å². The number of hydrogen-bond donors (Lipinski definition) is 0. The van der Waals surface area contributed by atoms with Crippen LogP contribution in [0.4, 0.5) is 0 Å². The molecule has 128 valence electrons. The predicted octanol–water partition coefficient (Wildman–Crippen LogP) is 1.98. The molecule has 3 heterocycles.